The van der Waals surface area contributed by atoms with E-state index in [4.69, 9.17) is 14.6 Å². The highest BCUT2D eigenvalue weighted by atomic mass is 16.5. The van der Waals surface area contributed by atoms with Gasteiger partial charge in [-0.05, 0) is 36.8 Å². The monoisotopic (exact) mass is 279 g/mol. The Bertz CT molecular complexity index is 436. The summed E-state index contributed by atoms with van der Waals surface area (Å²) in [5.74, 6) is 2.61. The third-order valence-electron chi connectivity index (χ3n) is 4.07. The zero-order chi connectivity index (χ0) is 14.5. The molecule has 1 fully saturated rings. The molecule has 0 aromatic heterocycles. The summed E-state index contributed by atoms with van der Waals surface area (Å²) in [5.41, 5.74) is 1.18. The first-order chi connectivity index (χ1) is 9.67. The van der Waals surface area contributed by atoms with Crippen LogP contribution in [0.25, 0.3) is 0 Å². The summed E-state index contributed by atoms with van der Waals surface area (Å²) >= 11 is 0. The molecule has 0 radical (unpaired) electrons. The number of ether oxygens (including phenoxy) is 2. The maximum Gasteiger partial charge on any atom is 0.162 e. The highest BCUT2D eigenvalue weighted by Crippen LogP contribution is 2.34. The predicted octanol–water partition coefficient (Wildman–Crippen LogP) is 2.55. The lowest BCUT2D eigenvalue weighted by atomic mass is 9.96. The van der Waals surface area contributed by atoms with Crippen molar-refractivity contribution in [3.05, 3.63) is 18.2 Å². The van der Waals surface area contributed by atoms with Crippen molar-refractivity contribution in [3.8, 4) is 11.5 Å². The highest BCUT2D eigenvalue weighted by molar-refractivity contribution is 5.56. The SMILES string of the molecule is COc1ccc(N2CCC(CC(C)CO)C2)cc1OC. The Morgan fingerprint density at radius 1 is 1.30 bits per heavy atom. The van der Waals surface area contributed by atoms with Gasteiger partial charge in [0.25, 0.3) is 0 Å². The Balaban J connectivity index is 2.02. The molecule has 2 rings (SSSR count). The highest BCUT2D eigenvalue weighted by Gasteiger charge is 2.24. The molecule has 1 aliphatic rings. The summed E-state index contributed by atoms with van der Waals surface area (Å²) in [5, 5.41) is 9.16. The van der Waals surface area contributed by atoms with Crippen LogP contribution in [0.3, 0.4) is 0 Å². The second-order valence-corrected chi connectivity index (χ2v) is 5.66. The molecule has 1 heterocycles. The van der Waals surface area contributed by atoms with E-state index in [0.29, 0.717) is 11.8 Å². The number of hydrogen-bond donors (Lipinski definition) is 1. The normalized spacial score (nSPS) is 20.0. The van der Waals surface area contributed by atoms with Gasteiger partial charge in [0.1, 0.15) is 0 Å². The lowest BCUT2D eigenvalue weighted by Crippen LogP contribution is -2.20. The van der Waals surface area contributed by atoms with Crippen LogP contribution < -0.4 is 14.4 Å². The predicted molar refractivity (Wildman–Crippen MR) is 80.7 cm³/mol. The topological polar surface area (TPSA) is 41.9 Å². The number of methoxy groups -OCH3 is 2. The molecule has 0 saturated carbocycles. The molecule has 1 aromatic carbocycles. The van der Waals surface area contributed by atoms with Gasteiger partial charge < -0.3 is 19.5 Å². The standard InChI is InChI=1S/C16H25NO3/c1-12(11-18)8-13-6-7-17(10-13)14-4-5-15(19-2)16(9-14)20-3/h4-5,9,12-13,18H,6-8,10-11H2,1-3H3. The Hall–Kier alpha value is -1.42. The molecule has 0 bridgehead atoms. The van der Waals surface area contributed by atoms with Crippen LogP contribution in [0.4, 0.5) is 5.69 Å². The Kier molecular flexibility index (Phi) is 5.12. The van der Waals surface area contributed by atoms with Crippen molar-refractivity contribution in [1.82, 2.24) is 0 Å². The quantitative estimate of drug-likeness (QED) is 0.869. The first-order valence-electron chi connectivity index (χ1n) is 7.25. The average Bonchev–Trinajstić information content (AvgIpc) is 2.94. The maximum absolute atomic E-state index is 9.16. The van der Waals surface area contributed by atoms with E-state index in [0.717, 1.165) is 31.0 Å². The van der Waals surface area contributed by atoms with Gasteiger partial charge >= 0.3 is 0 Å². The molecule has 2 atom stereocenters. The van der Waals surface area contributed by atoms with Crippen molar-refractivity contribution >= 4 is 5.69 Å². The number of benzene rings is 1. The molecule has 1 N–H and O–H groups in total. The van der Waals surface area contributed by atoms with Crippen molar-refractivity contribution in [1.29, 1.82) is 0 Å². The van der Waals surface area contributed by atoms with Crippen molar-refractivity contribution < 1.29 is 14.6 Å². The molecule has 4 heteroatoms. The van der Waals surface area contributed by atoms with E-state index in [-0.39, 0.29) is 6.61 Å². The van der Waals surface area contributed by atoms with Gasteiger partial charge in [-0.3, -0.25) is 0 Å². The number of aliphatic hydroxyl groups is 1. The van der Waals surface area contributed by atoms with Crippen LogP contribution >= 0.6 is 0 Å². The lowest BCUT2D eigenvalue weighted by Gasteiger charge is -2.21. The second kappa shape index (κ2) is 6.84. The molecule has 0 amide bonds. The van der Waals surface area contributed by atoms with Crippen LogP contribution in [0.2, 0.25) is 0 Å². The van der Waals surface area contributed by atoms with Crippen molar-refractivity contribution in [3.63, 3.8) is 0 Å². The molecule has 1 aromatic rings. The summed E-state index contributed by atoms with van der Waals surface area (Å²) in [4.78, 5) is 2.39. The van der Waals surface area contributed by atoms with Gasteiger partial charge in [-0.25, -0.2) is 0 Å². The minimum Gasteiger partial charge on any atom is -0.493 e. The number of nitrogens with zero attached hydrogens (tertiary/aromatic N) is 1. The minimum absolute atomic E-state index is 0.285. The molecule has 4 nitrogen and oxygen atoms in total. The van der Waals surface area contributed by atoms with Gasteiger partial charge in [0.2, 0.25) is 0 Å². The smallest absolute Gasteiger partial charge is 0.162 e. The van der Waals surface area contributed by atoms with Crippen LogP contribution in [0, 0.1) is 11.8 Å². The molecular formula is C16H25NO3. The van der Waals surface area contributed by atoms with Crippen LogP contribution in [-0.2, 0) is 0 Å². The van der Waals surface area contributed by atoms with Gasteiger partial charge in [-0.1, -0.05) is 6.92 Å². The van der Waals surface area contributed by atoms with Gasteiger partial charge in [0.05, 0.1) is 14.2 Å². The van der Waals surface area contributed by atoms with Crippen LogP contribution in [-0.4, -0.2) is 39.0 Å². The third-order valence-corrected chi connectivity index (χ3v) is 4.07. The molecule has 1 aliphatic heterocycles. The Morgan fingerprint density at radius 3 is 2.70 bits per heavy atom. The average molecular weight is 279 g/mol. The van der Waals surface area contributed by atoms with Crippen LogP contribution in [0.15, 0.2) is 18.2 Å². The number of anilines is 1. The second-order valence-electron chi connectivity index (χ2n) is 5.66. The first-order valence-corrected chi connectivity index (χ1v) is 7.25. The van der Waals surface area contributed by atoms with E-state index in [1.807, 2.05) is 12.1 Å². The van der Waals surface area contributed by atoms with Gasteiger partial charge in [-0.2, -0.15) is 0 Å². The van der Waals surface area contributed by atoms with Gasteiger partial charge in [0, 0.05) is 31.5 Å². The summed E-state index contributed by atoms with van der Waals surface area (Å²) in [6, 6.07) is 6.08. The summed E-state index contributed by atoms with van der Waals surface area (Å²) in [7, 11) is 3.32. The molecule has 0 aliphatic carbocycles. The Labute approximate surface area is 121 Å². The fourth-order valence-corrected chi connectivity index (χ4v) is 2.92. The minimum atomic E-state index is 0.285. The van der Waals surface area contributed by atoms with E-state index >= 15 is 0 Å². The van der Waals surface area contributed by atoms with Crippen LogP contribution in [0.1, 0.15) is 19.8 Å². The number of aliphatic hydroxyl groups excluding tert-OH is 1. The fraction of sp³-hybridized carbons (Fsp3) is 0.625. The van der Waals surface area contributed by atoms with E-state index in [2.05, 4.69) is 17.9 Å². The fourth-order valence-electron chi connectivity index (χ4n) is 2.92. The van der Waals surface area contributed by atoms with Crippen molar-refractivity contribution in [2.75, 3.05) is 38.8 Å². The number of rotatable bonds is 6. The van der Waals surface area contributed by atoms with E-state index in [1.54, 1.807) is 14.2 Å². The molecule has 2 unspecified atom stereocenters. The zero-order valence-electron chi connectivity index (χ0n) is 12.6. The summed E-state index contributed by atoms with van der Waals surface area (Å²) in [6.07, 6.45) is 2.29. The molecule has 20 heavy (non-hydrogen) atoms. The van der Waals surface area contributed by atoms with Crippen molar-refractivity contribution in [2.24, 2.45) is 11.8 Å². The van der Waals surface area contributed by atoms with Gasteiger partial charge in [-0.15, -0.1) is 0 Å². The molecule has 1 saturated heterocycles. The third kappa shape index (κ3) is 3.37. The number of hydrogen-bond acceptors (Lipinski definition) is 4. The van der Waals surface area contributed by atoms with Gasteiger partial charge in [0.15, 0.2) is 11.5 Å². The van der Waals surface area contributed by atoms with E-state index < -0.39 is 0 Å². The summed E-state index contributed by atoms with van der Waals surface area (Å²) < 4.78 is 10.6. The largest absolute Gasteiger partial charge is 0.493 e. The van der Waals surface area contributed by atoms with E-state index in [1.165, 1.54) is 12.1 Å². The van der Waals surface area contributed by atoms with Crippen molar-refractivity contribution in [2.45, 2.75) is 19.8 Å². The maximum atomic E-state index is 9.16. The Morgan fingerprint density at radius 2 is 2.05 bits per heavy atom. The molecular weight excluding hydrogens is 254 g/mol. The van der Waals surface area contributed by atoms with Crippen LogP contribution in [0.5, 0.6) is 11.5 Å². The zero-order valence-corrected chi connectivity index (χ0v) is 12.6. The molecule has 112 valence electrons. The lowest BCUT2D eigenvalue weighted by molar-refractivity contribution is 0.215. The first kappa shape index (κ1) is 15.0. The van der Waals surface area contributed by atoms with E-state index in [9.17, 15) is 0 Å². The molecule has 0 spiro atoms. The summed E-state index contributed by atoms with van der Waals surface area (Å²) in [6.45, 7) is 4.52.